The Balaban J connectivity index is 2.87. The van der Waals surface area contributed by atoms with Gasteiger partial charge in [0.05, 0.1) is 12.0 Å². The van der Waals surface area contributed by atoms with Crippen LogP contribution >= 0.6 is 0 Å². The zero-order chi connectivity index (χ0) is 15.6. The standard InChI is InChI=1S/C15H15NO5/c1-4-20-15(19)12-13(21-9(2)17)10-7-5-6-8-11(10)14(18)16(12)3/h5-8H,4H2,1-3H3. The van der Waals surface area contributed by atoms with Gasteiger partial charge in [-0.1, -0.05) is 18.2 Å². The van der Waals surface area contributed by atoms with Crippen molar-refractivity contribution in [1.29, 1.82) is 0 Å². The summed E-state index contributed by atoms with van der Waals surface area (Å²) in [5, 5.41) is 0.767. The molecule has 110 valence electrons. The third-order valence-corrected chi connectivity index (χ3v) is 2.97. The number of hydrogen-bond acceptors (Lipinski definition) is 5. The average molecular weight is 289 g/mol. The van der Waals surface area contributed by atoms with Crippen LogP contribution in [0.4, 0.5) is 0 Å². The van der Waals surface area contributed by atoms with Gasteiger partial charge in [-0.25, -0.2) is 4.79 Å². The molecule has 0 saturated carbocycles. The van der Waals surface area contributed by atoms with Gasteiger partial charge in [-0.15, -0.1) is 0 Å². The lowest BCUT2D eigenvalue weighted by atomic mass is 10.1. The number of carbonyl (C=O) groups is 2. The molecule has 1 aromatic heterocycles. The number of carbonyl (C=O) groups excluding carboxylic acids is 2. The van der Waals surface area contributed by atoms with Crippen molar-refractivity contribution in [2.45, 2.75) is 13.8 Å². The van der Waals surface area contributed by atoms with Gasteiger partial charge in [-0.2, -0.15) is 0 Å². The van der Waals surface area contributed by atoms with Crippen LogP contribution in [0, 0.1) is 0 Å². The molecule has 6 heteroatoms. The Morgan fingerprint density at radius 2 is 1.81 bits per heavy atom. The fourth-order valence-electron chi connectivity index (χ4n) is 2.11. The molecule has 2 aromatic rings. The molecule has 0 bridgehead atoms. The molecule has 0 fully saturated rings. The minimum Gasteiger partial charge on any atom is -0.461 e. The maximum atomic E-state index is 12.3. The minimum absolute atomic E-state index is 0.0404. The van der Waals surface area contributed by atoms with E-state index < -0.39 is 11.9 Å². The third kappa shape index (κ3) is 2.65. The first-order valence-electron chi connectivity index (χ1n) is 6.44. The van der Waals surface area contributed by atoms with Crippen molar-refractivity contribution < 1.29 is 19.1 Å². The van der Waals surface area contributed by atoms with Crippen molar-refractivity contribution >= 4 is 22.7 Å². The van der Waals surface area contributed by atoms with E-state index in [2.05, 4.69) is 0 Å². The smallest absolute Gasteiger partial charge is 0.358 e. The second kappa shape index (κ2) is 5.78. The van der Waals surface area contributed by atoms with E-state index in [0.29, 0.717) is 10.8 Å². The van der Waals surface area contributed by atoms with Crippen molar-refractivity contribution in [3.8, 4) is 5.75 Å². The van der Waals surface area contributed by atoms with Crippen LogP contribution in [-0.4, -0.2) is 23.1 Å². The number of pyridine rings is 1. The van der Waals surface area contributed by atoms with Gasteiger partial charge in [0.15, 0.2) is 11.4 Å². The summed E-state index contributed by atoms with van der Waals surface area (Å²) in [6.45, 7) is 3.04. The summed E-state index contributed by atoms with van der Waals surface area (Å²) in [7, 11) is 1.44. The van der Waals surface area contributed by atoms with Crippen LogP contribution in [0.5, 0.6) is 5.75 Å². The van der Waals surface area contributed by atoms with Crippen LogP contribution in [0.3, 0.4) is 0 Å². The van der Waals surface area contributed by atoms with Crippen LogP contribution in [0.25, 0.3) is 10.8 Å². The van der Waals surface area contributed by atoms with Crippen LogP contribution in [0.15, 0.2) is 29.1 Å². The number of ether oxygens (including phenoxy) is 2. The van der Waals surface area contributed by atoms with Crippen molar-refractivity contribution in [2.24, 2.45) is 7.05 Å². The van der Waals surface area contributed by atoms with Crippen LogP contribution in [0.2, 0.25) is 0 Å². The first-order valence-corrected chi connectivity index (χ1v) is 6.44. The second-order valence-corrected chi connectivity index (χ2v) is 4.40. The fourth-order valence-corrected chi connectivity index (χ4v) is 2.11. The second-order valence-electron chi connectivity index (χ2n) is 4.40. The van der Waals surface area contributed by atoms with Gasteiger partial charge in [-0.05, 0) is 13.0 Å². The van der Waals surface area contributed by atoms with Crippen molar-refractivity contribution in [3.63, 3.8) is 0 Å². The topological polar surface area (TPSA) is 74.6 Å². The highest BCUT2D eigenvalue weighted by atomic mass is 16.5. The maximum absolute atomic E-state index is 12.3. The highest BCUT2D eigenvalue weighted by Gasteiger charge is 2.23. The lowest BCUT2D eigenvalue weighted by Gasteiger charge is -2.14. The number of nitrogens with zero attached hydrogens (tertiary/aromatic N) is 1. The predicted octanol–water partition coefficient (Wildman–Crippen LogP) is 1.64. The van der Waals surface area contributed by atoms with Crippen LogP contribution in [0.1, 0.15) is 24.3 Å². The molecule has 0 atom stereocenters. The van der Waals surface area contributed by atoms with E-state index in [1.165, 1.54) is 14.0 Å². The summed E-state index contributed by atoms with van der Waals surface area (Å²) in [4.78, 5) is 35.7. The van der Waals surface area contributed by atoms with E-state index in [-0.39, 0.29) is 23.6 Å². The number of esters is 2. The molecule has 0 saturated heterocycles. The Kier molecular flexibility index (Phi) is 4.07. The summed E-state index contributed by atoms with van der Waals surface area (Å²) < 4.78 is 11.2. The first-order chi connectivity index (χ1) is 9.97. The summed E-state index contributed by atoms with van der Waals surface area (Å²) in [5.41, 5.74) is -0.430. The molecular weight excluding hydrogens is 274 g/mol. The van der Waals surface area contributed by atoms with Gasteiger partial charge in [0.1, 0.15) is 0 Å². The molecule has 0 radical (unpaired) electrons. The Hall–Kier alpha value is -2.63. The molecule has 6 nitrogen and oxygen atoms in total. The minimum atomic E-state index is -0.709. The quantitative estimate of drug-likeness (QED) is 0.803. The average Bonchev–Trinajstić information content (AvgIpc) is 2.44. The Labute approximate surface area is 120 Å². The molecular formula is C15H15NO5. The van der Waals surface area contributed by atoms with E-state index in [1.807, 2.05) is 0 Å². The maximum Gasteiger partial charge on any atom is 0.358 e. The van der Waals surface area contributed by atoms with Gasteiger partial charge in [0.25, 0.3) is 5.56 Å². The van der Waals surface area contributed by atoms with Gasteiger partial charge in [0, 0.05) is 19.4 Å². The fraction of sp³-hybridized carbons (Fsp3) is 0.267. The largest absolute Gasteiger partial charge is 0.461 e. The predicted molar refractivity (Wildman–Crippen MR) is 76.5 cm³/mol. The van der Waals surface area contributed by atoms with Gasteiger partial charge < -0.3 is 14.0 Å². The molecule has 0 amide bonds. The van der Waals surface area contributed by atoms with E-state index in [0.717, 1.165) is 4.57 Å². The zero-order valence-electron chi connectivity index (χ0n) is 12.0. The summed E-state index contributed by atoms with van der Waals surface area (Å²) in [5.74, 6) is -1.25. The van der Waals surface area contributed by atoms with Crippen LogP contribution < -0.4 is 10.3 Å². The van der Waals surface area contributed by atoms with E-state index >= 15 is 0 Å². The molecule has 2 rings (SSSR count). The molecule has 0 unspecified atom stereocenters. The van der Waals surface area contributed by atoms with Gasteiger partial charge >= 0.3 is 11.9 Å². The molecule has 0 aliphatic heterocycles. The lowest BCUT2D eigenvalue weighted by Crippen LogP contribution is -2.26. The van der Waals surface area contributed by atoms with E-state index in [1.54, 1.807) is 31.2 Å². The molecule has 0 aliphatic carbocycles. The normalized spacial score (nSPS) is 10.4. The summed E-state index contributed by atoms with van der Waals surface area (Å²) in [6, 6.07) is 6.63. The third-order valence-electron chi connectivity index (χ3n) is 2.97. The first kappa shape index (κ1) is 14.8. The number of aromatic nitrogens is 1. The molecule has 1 heterocycles. The highest BCUT2D eigenvalue weighted by Crippen LogP contribution is 2.28. The van der Waals surface area contributed by atoms with Gasteiger partial charge in [-0.3, -0.25) is 9.59 Å². The molecule has 0 spiro atoms. The Bertz CT molecular complexity index is 775. The monoisotopic (exact) mass is 289 g/mol. The van der Waals surface area contributed by atoms with Crippen molar-refractivity contribution in [3.05, 3.63) is 40.3 Å². The SMILES string of the molecule is CCOC(=O)c1c(OC(C)=O)c2ccccc2c(=O)n1C. The molecule has 0 N–H and O–H groups in total. The Morgan fingerprint density at radius 3 is 2.38 bits per heavy atom. The van der Waals surface area contributed by atoms with Crippen LogP contribution in [-0.2, 0) is 16.6 Å². The number of rotatable bonds is 3. The summed E-state index contributed by atoms with van der Waals surface area (Å²) in [6.07, 6.45) is 0. The van der Waals surface area contributed by atoms with E-state index in [4.69, 9.17) is 9.47 Å². The van der Waals surface area contributed by atoms with Crippen molar-refractivity contribution in [1.82, 2.24) is 4.57 Å². The van der Waals surface area contributed by atoms with E-state index in [9.17, 15) is 14.4 Å². The molecule has 1 aromatic carbocycles. The van der Waals surface area contributed by atoms with Crippen molar-refractivity contribution in [2.75, 3.05) is 6.61 Å². The number of fused-ring (bicyclic) bond motifs is 1. The molecule has 21 heavy (non-hydrogen) atoms. The van der Waals surface area contributed by atoms with Gasteiger partial charge in [0.2, 0.25) is 0 Å². The number of hydrogen-bond donors (Lipinski definition) is 0. The summed E-state index contributed by atoms with van der Waals surface area (Å²) >= 11 is 0. The molecule has 0 aliphatic rings. The zero-order valence-corrected chi connectivity index (χ0v) is 12.0. The highest BCUT2D eigenvalue weighted by molar-refractivity contribution is 6.00. The lowest BCUT2D eigenvalue weighted by molar-refractivity contribution is -0.131. The number of benzene rings is 1. The Morgan fingerprint density at radius 1 is 1.19 bits per heavy atom.